The van der Waals surface area contributed by atoms with Gasteiger partial charge < -0.3 is 5.32 Å². The van der Waals surface area contributed by atoms with Gasteiger partial charge in [-0.25, -0.2) is 8.42 Å². The monoisotopic (exact) mass is 485 g/mol. The summed E-state index contributed by atoms with van der Waals surface area (Å²) in [5.74, 6) is -4.11. The van der Waals surface area contributed by atoms with E-state index in [1.54, 1.807) is 18.2 Å². The number of rotatable bonds is 5. The van der Waals surface area contributed by atoms with Crippen molar-refractivity contribution in [3.63, 3.8) is 0 Å². The molecule has 0 unspecified atom stereocenters. The van der Waals surface area contributed by atoms with Gasteiger partial charge in [0.25, 0.3) is 0 Å². The van der Waals surface area contributed by atoms with Crippen molar-refractivity contribution in [1.82, 2.24) is 0 Å². The first-order valence-electron chi connectivity index (χ1n) is 6.56. The number of amides is 1. The average Bonchev–Trinajstić information content (AvgIpc) is 2.51. The van der Waals surface area contributed by atoms with Crippen LogP contribution in [0.2, 0.25) is 5.02 Å². The van der Waals surface area contributed by atoms with Crippen LogP contribution in [-0.4, -0.2) is 20.1 Å². The summed E-state index contributed by atoms with van der Waals surface area (Å²) in [6, 6.07) is 10.2. The molecule has 0 spiro atoms. The zero-order chi connectivity index (χ0) is 17.9. The van der Waals surface area contributed by atoms with Gasteiger partial charge in [0.1, 0.15) is 0 Å². The third-order valence-electron chi connectivity index (χ3n) is 3.07. The standard InChI is InChI=1S/C15H11ClF2INO3S/c16-11-6-5-10(19)8-12(11)20-14(21)7-9-3-1-2-4-13(9)24(22,23)15(17)18/h1-6,8,15H,7H2,(H,20,21). The molecule has 0 saturated carbocycles. The minimum absolute atomic E-state index is 0.00273. The van der Waals surface area contributed by atoms with Gasteiger partial charge in [-0.1, -0.05) is 29.8 Å². The molecule has 0 bridgehead atoms. The summed E-state index contributed by atoms with van der Waals surface area (Å²) in [7, 11) is -4.78. The highest BCUT2D eigenvalue weighted by Gasteiger charge is 2.29. The van der Waals surface area contributed by atoms with Crippen molar-refractivity contribution in [2.24, 2.45) is 0 Å². The summed E-state index contributed by atoms with van der Waals surface area (Å²) in [5.41, 5.74) is 0.361. The van der Waals surface area contributed by atoms with Gasteiger partial charge in [0.2, 0.25) is 15.7 Å². The van der Waals surface area contributed by atoms with E-state index in [4.69, 9.17) is 11.6 Å². The summed E-state index contributed by atoms with van der Waals surface area (Å²) in [5, 5.41) is 2.87. The molecule has 0 aliphatic carbocycles. The first-order valence-corrected chi connectivity index (χ1v) is 9.57. The highest BCUT2D eigenvalue weighted by Crippen LogP contribution is 2.25. The Balaban J connectivity index is 2.26. The normalized spacial score (nSPS) is 11.5. The van der Waals surface area contributed by atoms with Gasteiger partial charge >= 0.3 is 5.76 Å². The van der Waals surface area contributed by atoms with Gasteiger partial charge in [0.05, 0.1) is 22.0 Å². The minimum atomic E-state index is -4.78. The maximum absolute atomic E-state index is 12.8. The van der Waals surface area contributed by atoms with Crippen LogP contribution in [0.4, 0.5) is 14.5 Å². The van der Waals surface area contributed by atoms with Crippen molar-refractivity contribution in [2.75, 3.05) is 5.32 Å². The van der Waals surface area contributed by atoms with Gasteiger partial charge in [-0.05, 0) is 52.4 Å². The van der Waals surface area contributed by atoms with E-state index in [0.29, 0.717) is 10.7 Å². The van der Waals surface area contributed by atoms with Crippen molar-refractivity contribution in [2.45, 2.75) is 17.1 Å². The molecule has 24 heavy (non-hydrogen) atoms. The highest BCUT2D eigenvalue weighted by atomic mass is 127. The molecule has 2 aromatic rings. The molecule has 128 valence electrons. The van der Waals surface area contributed by atoms with Crippen LogP contribution in [0.5, 0.6) is 0 Å². The number of hydrogen-bond donors (Lipinski definition) is 1. The smallest absolute Gasteiger partial charge is 0.324 e. The molecule has 2 aromatic carbocycles. The number of carbonyl (C=O) groups is 1. The van der Waals surface area contributed by atoms with Gasteiger partial charge in [-0.15, -0.1) is 0 Å². The van der Waals surface area contributed by atoms with E-state index in [-0.39, 0.29) is 12.0 Å². The molecule has 0 radical (unpaired) electrons. The Hall–Kier alpha value is -1.26. The second-order valence-corrected chi connectivity index (χ2v) is 8.30. The number of hydrogen-bond acceptors (Lipinski definition) is 3. The molecular formula is C15H11ClF2INO3S. The summed E-state index contributed by atoms with van der Waals surface area (Å²) in [4.78, 5) is 11.6. The maximum atomic E-state index is 12.8. The van der Waals surface area contributed by atoms with E-state index in [1.165, 1.54) is 18.2 Å². The molecule has 0 aliphatic rings. The molecule has 1 N–H and O–H groups in total. The molecule has 1 amide bonds. The molecule has 2 rings (SSSR count). The van der Waals surface area contributed by atoms with Gasteiger partial charge in [-0.2, -0.15) is 8.78 Å². The van der Waals surface area contributed by atoms with Gasteiger partial charge in [0.15, 0.2) is 0 Å². The number of anilines is 1. The molecule has 0 atom stereocenters. The van der Waals surface area contributed by atoms with Crippen LogP contribution in [0.15, 0.2) is 47.4 Å². The van der Waals surface area contributed by atoms with Crippen molar-refractivity contribution in [1.29, 1.82) is 0 Å². The number of carbonyl (C=O) groups excluding carboxylic acids is 1. The minimum Gasteiger partial charge on any atom is -0.324 e. The number of alkyl halides is 2. The Morgan fingerprint density at radius 3 is 2.54 bits per heavy atom. The van der Waals surface area contributed by atoms with Crippen LogP contribution in [0.3, 0.4) is 0 Å². The Morgan fingerprint density at radius 2 is 1.88 bits per heavy atom. The van der Waals surface area contributed by atoms with Crippen molar-refractivity contribution in [3.05, 3.63) is 56.6 Å². The Morgan fingerprint density at radius 1 is 1.21 bits per heavy atom. The summed E-state index contributed by atoms with van der Waals surface area (Å²) < 4.78 is 49.7. The fraction of sp³-hybridized carbons (Fsp3) is 0.133. The Kier molecular flexibility index (Phi) is 6.16. The number of halogens is 4. The largest absolute Gasteiger partial charge is 0.341 e. The lowest BCUT2D eigenvalue weighted by Gasteiger charge is -2.11. The van der Waals surface area contributed by atoms with Crippen LogP contribution in [0.25, 0.3) is 0 Å². The second-order valence-electron chi connectivity index (χ2n) is 4.76. The average molecular weight is 486 g/mol. The highest BCUT2D eigenvalue weighted by molar-refractivity contribution is 14.1. The summed E-state index contributed by atoms with van der Waals surface area (Å²) >= 11 is 8.02. The molecular weight excluding hydrogens is 475 g/mol. The quantitative estimate of drug-likeness (QED) is 0.648. The Labute approximate surface area is 156 Å². The predicted octanol–water partition coefficient (Wildman–Crippen LogP) is 4.12. The molecule has 0 aliphatic heterocycles. The third kappa shape index (κ3) is 4.42. The molecule has 0 fully saturated rings. The third-order valence-corrected chi connectivity index (χ3v) is 5.55. The van der Waals surface area contributed by atoms with Crippen LogP contribution in [-0.2, 0) is 21.1 Å². The lowest BCUT2D eigenvalue weighted by atomic mass is 10.1. The molecule has 4 nitrogen and oxygen atoms in total. The SMILES string of the molecule is O=C(Cc1ccccc1S(=O)(=O)C(F)F)Nc1cc(I)ccc1Cl. The molecule has 0 saturated heterocycles. The van der Waals surface area contributed by atoms with Crippen molar-refractivity contribution in [3.8, 4) is 0 Å². The van der Waals surface area contributed by atoms with Crippen molar-refractivity contribution < 1.29 is 22.0 Å². The maximum Gasteiger partial charge on any atom is 0.341 e. The lowest BCUT2D eigenvalue weighted by Crippen LogP contribution is -2.19. The predicted molar refractivity (Wildman–Crippen MR) is 96.1 cm³/mol. The topological polar surface area (TPSA) is 63.2 Å². The van der Waals surface area contributed by atoms with Crippen molar-refractivity contribution >= 4 is 55.6 Å². The fourth-order valence-corrected chi connectivity index (χ4v) is 3.61. The molecule has 0 aromatic heterocycles. The van der Waals surface area contributed by atoms with E-state index in [2.05, 4.69) is 5.32 Å². The Bertz CT molecular complexity index is 875. The zero-order valence-corrected chi connectivity index (χ0v) is 15.7. The fourth-order valence-electron chi connectivity index (χ4n) is 1.98. The number of nitrogens with one attached hydrogen (secondary N) is 1. The lowest BCUT2D eigenvalue weighted by molar-refractivity contribution is -0.115. The van der Waals surface area contributed by atoms with Gasteiger partial charge in [-0.3, -0.25) is 4.79 Å². The van der Waals surface area contributed by atoms with E-state index >= 15 is 0 Å². The van der Waals surface area contributed by atoms with Gasteiger partial charge in [0, 0.05) is 3.57 Å². The van der Waals surface area contributed by atoms with E-state index in [1.807, 2.05) is 22.6 Å². The van der Waals surface area contributed by atoms with Crippen LogP contribution in [0.1, 0.15) is 5.56 Å². The van der Waals surface area contributed by atoms with Crippen LogP contribution >= 0.6 is 34.2 Å². The van der Waals surface area contributed by atoms with E-state index in [0.717, 1.165) is 9.64 Å². The van der Waals surface area contributed by atoms with Crippen LogP contribution in [0, 0.1) is 3.57 Å². The van der Waals surface area contributed by atoms with Crippen LogP contribution < -0.4 is 5.32 Å². The molecule has 9 heteroatoms. The summed E-state index contributed by atoms with van der Waals surface area (Å²) in [6.45, 7) is 0. The molecule has 0 heterocycles. The van der Waals surface area contributed by atoms with E-state index < -0.39 is 26.4 Å². The first kappa shape index (κ1) is 19.1. The number of benzene rings is 2. The zero-order valence-electron chi connectivity index (χ0n) is 12.0. The van der Waals surface area contributed by atoms with E-state index in [9.17, 15) is 22.0 Å². The second kappa shape index (κ2) is 7.75. The summed E-state index contributed by atoms with van der Waals surface area (Å²) in [6.07, 6.45) is -0.371. The first-order chi connectivity index (χ1) is 11.2. The number of sulfone groups is 1.